The first-order chi connectivity index (χ1) is 14.6. The minimum absolute atomic E-state index is 0.00612. The van der Waals surface area contributed by atoms with Crippen molar-refractivity contribution in [3.8, 4) is 5.75 Å². The molecule has 1 fully saturated rings. The van der Waals surface area contributed by atoms with Gasteiger partial charge in [0.2, 0.25) is 0 Å². The summed E-state index contributed by atoms with van der Waals surface area (Å²) >= 11 is 0. The first kappa shape index (κ1) is 20.0. The van der Waals surface area contributed by atoms with Crippen LogP contribution in [0.4, 0.5) is 0 Å². The maximum atomic E-state index is 12.9. The predicted molar refractivity (Wildman–Crippen MR) is 116 cm³/mol. The van der Waals surface area contributed by atoms with Gasteiger partial charge in [-0.15, -0.1) is 0 Å². The molecule has 154 valence electrons. The van der Waals surface area contributed by atoms with E-state index in [-0.39, 0.29) is 18.4 Å². The molecule has 3 aromatic carbocycles. The summed E-state index contributed by atoms with van der Waals surface area (Å²) in [6.07, 6.45) is 1.32. The van der Waals surface area contributed by atoms with Gasteiger partial charge in [-0.2, -0.15) is 0 Å². The Morgan fingerprint density at radius 3 is 2.30 bits per heavy atom. The largest absolute Gasteiger partial charge is 0.493 e. The number of likely N-dealkylation sites (tertiary alicyclic amines) is 1. The summed E-state index contributed by atoms with van der Waals surface area (Å²) in [6, 6.07) is 23.0. The van der Waals surface area contributed by atoms with Gasteiger partial charge in [0.15, 0.2) is 0 Å². The fraction of sp³-hybridized carbons (Fsp3) is 0.280. The Balaban J connectivity index is 1.37. The summed E-state index contributed by atoms with van der Waals surface area (Å²) < 4.78 is 5.71. The number of ether oxygens (including phenoxy) is 1. The molecule has 1 aliphatic rings. The van der Waals surface area contributed by atoms with Crippen molar-refractivity contribution < 1.29 is 19.4 Å². The van der Waals surface area contributed by atoms with E-state index < -0.39 is 11.9 Å². The van der Waals surface area contributed by atoms with Crippen LogP contribution in [0.5, 0.6) is 5.75 Å². The number of hydrogen-bond acceptors (Lipinski definition) is 3. The fourth-order valence-corrected chi connectivity index (χ4v) is 4.12. The molecule has 4 rings (SSSR count). The van der Waals surface area contributed by atoms with Crippen molar-refractivity contribution in [1.29, 1.82) is 0 Å². The number of piperidine rings is 1. The van der Waals surface area contributed by atoms with Crippen LogP contribution in [-0.4, -0.2) is 41.6 Å². The molecule has 30 heavy (non-hydrogen) atoms. The molecule has 1 aliphatic heterocycles. The van der Waals surface area contributed by atoms with E-state index in [4.69, 9.17) is 4.74 Å². The second kappa shape index (κ2) is 8.99. The molecule has 0 bridgehead atoms. The zero-order chi connectivity index (χ0) is 20.9. The molecule has 5 nitrogen and oxygen atoms in total. The number of para-hydroxylation sites is 1. The highest BCUT2D eigenvalue weighted by atomic mass is 16.5. The highest BCUT2D eigenvalue weighted by Crippen LogP contribution is 2.28. The van der Waals surface area contributed by atoms with Crippen LogP contribution in [0.2, 0.25) is 0 Å². The average Bonchev–Trinajstić information content (AvgIpc) is 2.79. The third-order valence-corrected chi connectivity index (χ3v) is 5.88. The first-order valence-electron chi connectivity index (χ1n) is 10.3. The van der Waals surface area contributed by atoms with Gasteiger partial charge in [0.05, 0.1) is 5.92 Å². The van der Waals surface area contributed by atoms with Gasteiger partial charge in [-0.1, -0.05) is 48.5 Å². The Labute approximate surface area is 175 Å². The van der Waals surface area contributed by atoms with Crippen molar-refractivity contribution in [2.45, 2.75) is 12.8 Å². The molecule has 0 spiro atoms. The maximum Gasteiger partial charge on any atom is 0.310 e. The van der Waals surface area contributed by atoms with Gasteiger partial charge in [-0.25, -0.2) is 0 Å². The number of carbonyl (C=O) groups is 2. The molecule has 1 heterocycles. The predicted octanol–water partition coefficient (Wildman–Crippen LogP) is 4.47. The minimum atomic E-state index is -0.842. The van der Waals surface area contributed by atoms with E-state index in [0.717, 1.165) is 10.8 Å². The summed E-state index contributed by atoms with van der Waals surface area (Å²) in [5, 5.41) is 11.8. The number of rotatable bonds is 6. The van der Waals surface area contributed by atoms with Gasteiger partial charge in [0.1, 0.15) is 12.4 Å². The quantitative estimate of drug-likeness (QED) is 0.659. The standard InChI is InChI=1S/C25H25NO4/c27-24(21-11-10-18-6-4-5-7-20(18)16-21)26-14-12-19(13-15-26)23(25(28)29)17-30-22-8-2-1-3-9-22/h1-11,16,19,23H,12-15,17H2,(H,28,29). The Hall–Kier alpha value is -3.34. The van der Waals surface area contributed by atoms with E-state index in [9.17, 15) is 14.7 Å². The molecule has 1 unspecified atom stereocenters. The van der Waals surface area contributed by atoms with Crippen molar-refractivity contribution in [1.82, 2.24) is 4.90 Å². The summed E-state index contributed by atoms with van der Waals surface area (Å²) in [5.41, 5.74) is 0.675. The lowest BCUT2D eigenvalue weighted by Gasteiger charge is -2.34. The second-order valence-electron chi connectivity index (χ2n) is 7.76. The minimum Gasteiger partial charge on any atom is -0.493 e. The Bertz CT molecular complexity index is 1030. The molecule has 0 aromatic heterocycles. The molecule has 1 atom stereocenters. The number of aliphatic carboxylic acids is 1. The molecule has 0 radical (unpaired) electrons. The number of carbonyl (C=O) groups excluding carboxylic acids is 1. The first-order valence-corrected chi connectivity index (χ1v) is 10.3. The number of carboxylic acid groups (broad SMARTS) is 1. The molecule has 5 heteroatoms. The van der Waals surface area contributed by atoms with Crippen LogP contribution in [-0.2, 0) is 4.79 Å². The topological polar surface area (TPSA) is 66.8 Å². The van der Waals surface area contributed by atoms with Crippen molar-refractivity contribution in [3.05, 3.63) is 78.4 Å². The summed E-state index contributed by atoms with van der Waals surface area (Å²) in [7, 11) is 0. The van der Waals surface area contributed by atoms with Gasteiger partial charge < -0.3 is 14.7 Å². The Morgan fingerprint density at radius 1 is 0.933 bits per heavy atom. The summed E-state index contributed by atoms with van der Waals surface area (Å²) in [5.74, 6) is -0.750. The van der Waals surface area contributed by atoms with Crippen LogP contribution in [0, 0.1) is 11.8 Å². The van der Waals surface area contributed by atoms with Crippen LogP contribution in [0.15, 0.2) is 72.8 Å². The Morgan fingerprint density at radius 2 is 1.60 bits per heavy atom. The molecule has 0 aliphatic carbocycles. The Kier molecular flexibility index (Phi) is 5.98. The number of benzene rings is 3. The van der Waals surface area contributed by atoms with E-state index in [0.29, 0.717) is 37.2 Å². The molecule has 3 aromatic rings. The monoisotopic (exact) mass is 403 g/mol. The fourth-order valence-electron chi connectivity index (χ4n) is 4.12. The highest BCUT2D eigenvalue weighted by molar-refractivity contribution is 5.98. The lowest BCUT2D eigenvalue weighted by atomic mass is 9.84. The number of fused-ring (bicyclic) bond motifs is 1. The van der Waals surface area contributed by atoms with Crippen LogP contribution in [0.25, 0.3) is 10.8 Å². The van der Waals surface area contributed by atoms with Crippen LogP contribution < -0.4 is 4.74 Å². The van der Waals surface area contributed by atoms with E-state index in [2.05, 4.69) is 0 Å². The lowest BCUT2D eigenvalue weighted by Crippen LogP contribution is -2.42. The van der Waals surface area contributed by atoms with Crippen LogP contribution in [0.1, 0.15) is 23.2 Å². The SMILES string of the molecule is O=C(O)C(COc1ccccc1)C1CCN(C(=O)c2ccc3ccccc3c2)CC1. The molecule has 0 saturated carbocycles. The lowest BCUT2D eigenvalue weighted by molar-refractivity contribution is -0.145. The van der Waals surface area contributed by atoms with Crippen molar-refractivity contribution in [3.63, 3.8) is 0 Å². The zero-order valence-electron chi connectivity index (χ0n) is 16.7. The van der Waals surface area contributed by atoms with Gasteiger partial charge in [-0.05, 0) is 53.8 Å². The highest BCUT2D eigenvalue weighted by Gasteiger charge is 2.33. The van der Waals surface area contributed by atoms with Crippen molar-refractivity contribution in [2.75, 3.05) is 19.7 Å². The number of hydrogen-bond donors (Lipinski definition) is 1. The average molecular weight is 403 g/mol. The van der Waals surface area contributed by atoms with E-state index in [1.165, 1.54) is 0 Å². The summed E-state index contributed by atoms with van der Waals surface area (Å²) in [4.78, 5) is 26.6. The smallest absolute Gasteiger partial charge is 0.310 e. The third-order valence-electron chi connectivity index (χ3n) is 5.88. The molecule has 1 amide bonds. The van der Waals surface area contributed by atoms with Gasteiger partial charge in [0.25, 0.3) is 5.91 Å². The van der Waals surface area contributed by atoms with Crippen LogP contribution in [0.3, 0.4) is 0 Å². The van der Waals surface area contributed by atoms with Gasteiger partial charge >= 0.3 is 5.97 Å². The molecule has 1 N–H and O–H groups in total. The molecular weight excluding hydrogens is 378 g/mol. The maximum absolute atomic E-state index is 12.9. The summed E-state index contributed by atoms with van der Waals surface area (Å²) in [6.45, 7) is 1.26. The second-order valence-corrected chi connectivity index (χ2v) is 7.76. The van der Waals surface area contributed by atoms with E-state index >= 15 is 0 Å². The van der Waals surface area contributed by atoms with Crippen molar-refractivity contribution in [2.24, 2.45) is 11.8 Å². The van der Waals surface area contributed by atoms with Crippen LogP contribution >= 0.6 is 0 Å². The van der Waals surface area contributed by atoms with Gasteiger partial charge in [0, 0.05) is 18.7 Å². The zero-order valence-corrected chi connectivity index (χ0v) is 16.7. The third kappa shape index (κ3) is 4.46. The molecule has 1 saturated heterocycles. The van der Waals surface area contributed by atoms with Gasteiger partial charge in [-0.3, -0.25) is 9.59 Å². The van der Waals surface area contributed by atoms with E-state index in [1.807, 2.05) is 77.7 Å². The molecular formula is C25H25NO4. The number of nitrogens with zero attached hydrogens (tertiary/aromatic N) is 1. The normalized spacial score (nSPS) is 15.7. The number of carboxylic acids is 1. The van der Waals surface area contributed by atoms with E-state index in [1.54, 1.807) is 0 Å². The van der Waals surface area contributed by atoms with Crippen molar-refractivity contribution >= 4 is 22.6 Å². The number of amides is 1.